The first kappa shape index (κ1) is 13.8. The zero-order valence-corrected chi connectivity index (χ0v) is 11.1. The minimum atomic E-state index is -0.171. The zero-order valence-electron chi connectivity index (χ0n) is 11.1. The highest BCUT2D eigenvalue weighted by atomic mass is 19.1. The Labute approximate surface area is 112 Å². The Morgan fingerprint density at radius 1 is 1.47 bits per heavy atom. The number of nitrogens with zero attached hydrogens (tertiary/aromatic N) is 2. The lowest BCUT2D eigenvalue weighted by molar-refractivity contribution is 0.253. The van der Waals surface area contributed by atoms with Crippen LogP contribution in [0.2, 0.25) is 0 Å². The Morgan fingerprint density at radius 2 is 2.16 bits per heavy atom. The van der Waals surface area contributed by atoms with Gasteiger partial charge in [-0.15, -0.1) is 0 Å². The van der Waals surface area contributed by atoms with Crippen molar-refractivity contribution in [3.63, 3.8) is 0 Å². The number of oxime groups is 1. The van der Waals surface area contributed by atoms with Crippen molar-refractivity contribution in [1.82, 2.24) is 4.90 Å². The molecule has 5 heteroatoms. The normalized spacial score (nSPS) is 17.7. The molecule has 0 saturated heterocycles. The minimum Gasteiger partial charge on any atom is -0.409 e. The standard InChI is InChI=1S/C14H20FN3O/c1-18(9-11-4-2-3-5-12(11)15)10-14(6-7-14)8-13(16)17-19/h2-5,19H,6-10H2,1H3,(H2,16,17). The summed E-state index contributed by atoms with van der Waals surface area (Å²) < 4.78 is 13.6. The molecule has 1 aliphatic rings. The lowest BCUT2D eigenvalue weighted by Gasteiger charge is -2.23. The Bertz CT molecular complexity index is 472. The van der Waals surface area contributed by atoms with Crippen LogP contribution in [0.25, 0.3) is 0 Å². The van der Waals surface area contributed by atoms with Crippen molar-refractivity contribution >= 4 is 5.84 Å². The van der Waals surface area contributed by atoms with Gasteiger partial charge in [0.15, 0.2) is 0 Å². The van der Waals surface area contributed by atoms with Gasteiger partial charge in [-0.3, -0.25) is 0 Å². The molecule has 0 amide bonds. The second kappa shape index (κ2) is 5.57. The second-order valence-corrected chi connectivity index (χ2v) is 5.53. The second-order valence-electron chi connectivity index (χ2n) is 5.53. The number of nitrogens with two attached hydrogens (primary N) is 1. The van der Waals surface area contributed by atoms with Crippen molar-refractivity contribution in [3.05, 3.63) is 35.6 Å². The molecule has 0 atom stereocenters. The Hall–Kier alpha value is -1.62. The fourth-order valence-corrected chi connectivity index (χ4v) is 2.53. The summed E-state index contributed by atoms with van der Waals surface area (Å²) in [5.74, 6) is 0.104. The van der Waals surface area contributed by atoms with Gasteiger partial charge < -0.3 is 15.8 Å². The summed E-state index contributed by atoms with van der Waals surface area (Å²) in [5, 5.41) is 11.7. The number of halogens is 1. The highest BCUT2D eigenvalue weighted by molar-refractivity contribution is 5.80. The van der Waals surface area contributed by atoms with E-state index in [9.17, 15) is 4.39 Å². The summed E-state index contributed by atoms with van der Waals surface area (Å²) in [7, 11) is 1.97. The van der Waals surface area contributed by atoms with Gasteiger partial charge in [0.2, 0.25) is 0 Å². The number of amidine groups is 1. The quantitative estimate of drug-likeness (QED) is 0.359. The third-order valence-electron chi connectivity index (χ3n) is 3.65. The molecule has 0 unspecified atom stereocenters. The van der Waals surface area contributed by atoms with E-state index < -0.39 is 0 Å². The summed E-state index contributed by atoms with van der Waals surface area (Å²) >= 11 is 0. The molecule has 104 valence electrons. The van der Waals surface area contributed by atoms with Crippen LogP contribution in [0.15, 0.2) is 29.4 Å². The molecule has 1 aliphatic carbocycles. The third kappa shape index (κ3) is 3.67. The molecule has 0 aliphatic heterocycles. The van der Waals surface area contributed by atoms with E-state index in [-0.39, 0.29) is 17.1 Å². The predicted molar refractivity (Wildman–Crippen MR) is 72.4 cm³/mol. The summed E-state index contributed by atoms with van der Waals surface area (Å²) in [6, 6.07) is 6.82. The van der Waals surface area contributed by atoms with E-state index >= 15 is 0 Å². The Kier molecular flexibility index (Phi) is 4.04. The zero-order chi connectivity index (χ0) is 13.9. The molecule has 4 nitrogen and oxygen atoms in total. The first-order valence-electron chi connectivity index (χ1n) is 6.43. The third-order valence-corrected chi connectivity index (χ3v) is 3.65. The van der Waals surface area contributed by atoms with Crippen LogP contribution in [0.4, 0.5) is 4.39 Å². The number of benzene rings is 1. The molecule has 3 N–H and O–H groups in total. The molecule has 1 aromatic carbocycles. The molecule has 0 radical (unpaired) electrons. The SMILES string of the molecule is CN(Cc1ccccc1F)CC1(CC(N)=NO)CC1. The molecule has 0 bridgehead atoms. The summed E-state index contributed by atoms with van der Waals surface area (Å²) in [4.78, 5) is 2.09. The minimum absolute atomic E-state index is 0.107. The average molecular weight is 265 g/mol. The van der Waals surface area contributed by atoms with Crippen molar-refractivity contribution in [1.29, 1.82) is 0 Å². The van der Waals surface area contributed by atoms with Gasteiger partial charge >= 0.3 is 0 Å². The maximum absolute atomic E-state index is 13.6. The number of hydrogen-bond acceptors (Lipinski definition) is 3. The Balaban J connectivity index is 1.91. The van der Waals surface area contributed by atoms with E-state index in [4.69, 9.17) is 10.9 Å². The van der Waals surface area contributed by atoms with Crippen LogP contribution in [0.3, 0.4) is 0 Å². The van der Waals surface area contributed by atoms with Crippen molar-refractivity contribution in [2.45, 2.75) is 25.8 Å². The van der Waals surface area contributed by atoms with Crippen LogP contribution >= 0.6 is 0 Å². The average Bonchev–Trinajstić information content (AvgIpc) is 3.11. The van der Waals surface area contributed by atoms with E-state index in [0.29, 0.717) is 18.5 Å². The molecule has 1 aromatic rings. The van der Waals surface area contributed by atoms with Crippen LogP contribution in [-0.4, -0.2) is 29.5 Å². The molecule has 2 rings (SSSR count). The molecule has 0 aromatic heterocycles. The van der Waals surface area contributed by atoms with E-state index in [1.165, 1.54) is 6.07 Å². The van der Waals surface area contributed by atoms with Crippen LogP contribution in [0.1, 0.15) is 24.8 Å². The maximum atomic E-state index is 13.6. The summed E-state index contributed by atoms with van der Waals surface area (Å²) in [5.41, 5.74) is 6.38. The molecular formula is C14H20FN3O. The maximum Gasteiger partial charge on any atom is 0.139 e. The van der Waals surface area contributed by atoms with Gasteiger partial charge in [0.1, 0.15) is 11.7 Å². The highest BCUT2D eigenvalue weighted by Gasteiger charge is 2.44. The van der Waals surface area contributed by atoms with Crippen molar-refractivity contribution in [2.24, 2.45) is 16.3 Å². The molecular weight excluding hydrogens is 245 g/mol. The predicted octanol–water partition coefficient (Wildman–Crippen LogP) is 2.17. The van der Waals surface area contributed by atoms with Gasteiger partial charge in [-0.2, -0.15) is 0 Å². The monoisotopic (exact) mass is 265 g/mol. The summed E-state index contributed by atoms with van der Waals surface area (Å²) in [6.07, 6.45) is 2.75. The summed E-state index contributed by atoms with van der Waals surface area (Å²) in [6.45, 7) is 1.40. The number of hydrogen-bond donors (Lipinski definition) is 2. The van der Waals surface area contributed by atoms with Gasteiger partial charge in [0, 0.05) is 25.1 Å². The van der Waals surface area contributed by atoms with Crippen LogP contribution < -0.4 is 5.73 Å². The van der Waals surface area contributed by atoms with E-state index in [0.717, 1.165) is 19.4 Å². The van der Waals surface area contributed by atoms with E-state index in [1.807, 2.05) is 13.1 Å². The molecule has 19 heavy (non-hydrogen) atoms. The van der Waals surface area contributed by atoms with Gasteiger partial charge in [-0.1, -0.05) is 23.4 Å². The van der Waals surface area contributed by atoms with Crippen molar-refractivity contribution in [2.75, 3.05) is 13.6 Å². The molecule has 0 spiro atoms. The molecule has 1 saturated carbocycles. The van der Waals surface area contributed by atoms with Crippen molar-refractivity contribution < 1.29 is 9.60 Å². The van der Waals surface area contributed by atoms with Gasteiger partial charge in [0.05, 0.1) is 0 Å². The van der Waals surface area contributed by atoms with Gasteiger partial charge in [-0.25, -0.2) is 4.39 Å². The highest BCUT2D eigenvalue weighted by Crippen LogP contribution is 2.49. The van der Waals surface area contributed by atoms with Crippen LogP contribution in [0, 0.1) is 11.2 Å². The number of rotatable bonds is 6. The lowest BCUT2D eigenvalue weighted by Crippen LogP contribution is -2.30. The first-order valence-corrected chi connectivity index (χ1v) is 6.43. The van der Waals surface area contributed by atoms with Gasteiger partial charge in [0.25, 0.3) is 0 Å². The fourth-order valence-electron chi connectivity index (χ4n) is 2.53. The first-order chi connectivity index (χ1) is 9.04. The van der Waals surface area contributed by atoms with Crippen LogP contribution in [0.5, 0.6) is 0 Å². The van der Waals surface area contributed by atoms with Gasteiger partial charge in [-0.05, 0) is 31.4 Å². The van der Waals surface area contributed by atoms with E-state index in [1.54, 1.807) is 12.1 Å². The lowest BCUT2D eigenvalue weighted by atomic mass is 10.0. The topological polar surface area (TPSA) is 61.8 Å². The van der Waals surface area contributed by atoms with Crippen LogP contribution in [-0.2, 0) is 6.54 Å². The largest absolute Gasteiger partial charge is 0.409 e. The fraction of sp³-hybridized carbons (Fsp3) is 0.500. The molecule has 1 fully saturated rings. The smallest absolute Gasteiger partial charge is 0.139 e. The molecule has 0 heterocycles. The van der Waals surface area contributed by atoms with E-state index in [2.05, 4.69) is 10.1 Å². The Morgan fingerprint density at radius 3 is 2.74 bits per heavy atom. The van der Waals surface area contributed by atoms with Crippen molar-refractivity contribution in [3.8, 4) is 0 Å².